The predicted molar refractivity (Wildman–Crippen MR) is 93.4 cm³/mol. The summed E-state index contributed by atoms with van der Waals surface area (Å²) in [6.45, 7) is 6.14. The molecule has 2 atom stereocenters. The number of pyridine rings is 1. The molecule has 1 aliphatic rings. The molecule has 3 rings (SSSR count). The van der Waals surface area contributed by atoms with E-state index in [4.69, 9.17) is 0 Å². The van der Waals surface area contributed by atoms with Gasteiger partial charge < -0.3 is 9.80 Å². The van der Waals surface area contributed by atoms with Crippen molar-refractivity contribution in [3.8, 4) is 0 Å². The summed E-state index contributed by atoms with van der Waals surface area (Å²) in [5.74, 6) is 1.22. The van der Waals surface area contributed by atoms with Crippen LogP contribution in [-0.4, -0.2) is 53.9 Å². The molecule has 0 spiro atoms. The topological polar surface area (TPSA) is 36.4 Å². The first kappa shape index (κ1) is 15.9. The second kappa shape index (κ2) is 6.28. The second-order valence-corrected chi connectivity index (χ2v) is 7.06. The molecule has 0 saturated carbocycles. The zero-order valence-corrected chi connectivity index (χ0v) is 14.4. The minimum Gasteiger partial charge on any atom is -0.337 e. The Labute approximate surface area is 138 Å². The normalized spacial score (nSPS) is 21.6. The molecule has 0 unspecified atom stereocenters. The predicted octanol–water partition coefficient (Wildman–Crippen LogP) is 2.89. The molecular formula is C19H25N3O. The Balaban J connectivity index is 1.84. The SMILES string of the molecule is CC(C)[C@@H]1CN(C(=O)c2ccc3ncccc3c2)C[C@H]1N(C)C. The first-order valence-corrected chi connectivity index (χ1v) is 8.28. The number of carbonyl (C=O) groups is 1. The molecule has 1 amide bonds. The lowest BCUT2D eigenvalue weighted by molar-refractivity contribution is 0.0780. The molecule has 0 aliphatic carbocycles. The van der Waals surface area contributed by atoms with Crippen LogP contribution in [0.25, 0.3) is 10.9 Å². The summed E-state index contributed by atoms with van der Waals surface area (Å²) < 4.78 is 0. The number of hydrogen-bond acceptors (Lipinski definition) is 3. The molecule has 0 radical (unpaired) electrons. The van der Waals surface area contributed by atoms with E-state index in [2.05, 4.69) is 37.8 Å². The lowest BCUT2D eigenvalue weighted by Gasteiger charge is -2.27. The number of likely N-dealkylation sites (tertiary alicyclic amines) is 1. The summed E-state index contributed by atoms with van der Waals surface area (Å²) >= 11 is 0. The lowest BCUT2D eigenvalue weighted by atomic mass is 9.91. The first-order valence-electron chi connectivity index (χ1n) is 8.28. The number of aromatic nitrogens is 1. The molecule has 4 heteroatoms. The zero-order valence-electron chi connectivity index (χ0n) is 14.4. The van der Waals surface area contributed by atoms with Crippen molar-refractivity contribution >= 4 is 16.8 Å². The Kier molecular flexibility index (Phi) is 4.35. The Morgan fingerprint density at radius 1 is 1.26 bits per heavy atom. The van der Waals surface area contributed by atoms with Gasteiger partial charge in [0.05, 0.1) is 5.52 Å². The fourth-order valence-electron chi connectivity index (χ4n) is 3.57. The Morgan fingerprint density at radius 2 is 2.04 bits per heavy atom. The molecule has 1 fully saturated rings. The average molecular weight is 311 g/mol. The van der Waals surface area contributed by atoms with Crippen LogP contribution in [0.1, 0.15) is 24.2 Å². The summed E-state index contributed by atoms with van der Waals surface area (Å²) in [4.78, 5) is 21.5. The number of likely N-dealkylation sites (N-methyl/N-ethyl adjacent to an activating group) is 1. The van der Waals surface area contributed by atoms with Crippen molar-refractivity contribution in [2.24, 2.45) is 11.8 Å². The molecular weight excluding hydrogens is 286 g/mol. The van der Waals surface area contributed by atoms with E-state index in [0.29, 0.717) is 17.9 Å². The van der Waals surface area contributed by atoms with Crippen LogP contribution in [0.15, 0.2) is 36.5 Å². The van der Waals surface area contributed by atoms with E-state index in [1.54, 1.807) is 6.20 Å². The summed E-state index contributed by atoms with van der Waals surface area (Å²) in [7, 11) is 4.21. The standard InChI is InChI=1S/C19H25N3O/c1-13(2)16-11-22(12-18(16)21(3)4)19(23)15-7-8-17-14(10-15)6-5-9-20-17/h5-10,13,16,18H,11-12H2,1-4H3/t16-,18+/m0/s1. The molecule has 1 aromatic heterocycles. The molecule has 1 aromatic carbocycles. The smallest absolute Gasteiger partial charge is 0.253 e. The highest BCUT2D eigenvalue weighted by Gasteiger charge is 2.38. The quantitative estimate of drug-likeness (QED) is 0.874. The van der Waals surface area contributed by atoms with Gasteiger partial charge in [-0.3, -0.25) is 9.78 Å². The van der Waals surface area contributed by atoms with Gasteiger partial charge in [-0.05, 0) is 50.2 Å². The fourth-order valence-corrected chi connectivity index (χ4v) is 3.57. The number of carbonyl (C=O) groups excluding carboxylic acids is 1. The monoisotopic (exact) mass is 311 g/mol. The van der Waals surface area contributed by atoms with Gasteiger partial charge >= 0.3 is 0 Å². The van der Waals surface area contributed by atoms with Gasteiger partial charge in [-0.2, -0.15) is 0 Å². The fraction of sp³-hybridized carbons (Fsp3) is 0.474. The molecule has 122 valence electrons. The van der Waals surface area contributed by atoms with E-state index < -0.39 is 0 Å². The number of nitrogens with zero attached hydrogens (tertiary/aromatic N) is 3. The molecule has 0 N–H and O–H groups in total. The third-order valence-electron chi connectivity index (χ3n) is 4.99. The van der Waals surface area contributed by atoms with Crippen molar-refractivity contribution in [3.05, 3.63) is 42.1 Å². The largest absolute Gasteiger partial charge is 0.337 e. The highest BCUT2D eigenvalue weighted by molar-refractivity contribution is 5.98. The van der Waals surface area contributed by atoms with E-state index in [9.17, 15) is 4.79 Å². The molecule has 2 aromatic rings. The van der Waals surface area contributed by atoms with Crippen LogP contribution in [0.3, 0.4) is 0 Å². The highest BCUT2D eigenvalue weighted by atomic mass is 16.2. The van der Waals surface area contributed by atoms with E-state index >= 15 is 0 Å². The number of hydrogen-bond donors (Lipinski definition) is 0. The molecule has 2 heterocycles. The van der Waals surface area contributed by atoms with Crippen LogP contribution in [0.5, 0.6) is 0 Å². The zero-order chi connectivity index (χ0) is 16.6. The van der Waals surface area contributed by atoms with Gasteiger partial charge in [0.25, 0.3) is 5.91 Å². The average Bonchev–Trinajstić information content (AvgIpc) is 2.99. The minimum atomic E-state index is 0.130. The summed E-state index contributed by atoms with van der Waals surface area (Å²) in [6.07, 6.45) is 1.78. The third kappa shape index (κ3) is 3.08. The summed E-state index contributed by atoms with van der Waals surface area (Å²) in [6, 6.07) is 10.1. The van der Waals surface area contributed by atoms with Gasteiger partial charge in [-0.1, -0.05) is 19.9 Å². The van der Waals surface area contributed by atoms with Crippen LogP contribution < -0.4 is 0 Å². The van der Waals surface area contributed by atoms with E-state index in [1.807, 2.05) is 35.2 Å². The molecule has 1 aliphatic heterocycles. The van der Waals surface area contributed by atoms with Crippen LogP contribution in [0, 0.1) is 11.8 Å². The van der Waals surface area contributed by atoms with Crippen LogP contribution >= 0.6 is 0 Å². The third-order valence-corrected chi connectivity index (χ3v) is 4.99. The number of fused-ring (bicyclic) bond motifs is 1. The van der Waals surface area contributed by atoms with Gasteiger partial charge in [0.15, 0.2) is 0 Å². The highest BCUT2D eigenvalue weighted by Crippen LogP contribution is 2.28. The van der Waals surface area contributed by atoms with E-state index in [-0.39, 0.29) is 5.91 Å². The Bertz CT molecular complexity index is 695. The lowest BCUT2D eigenvalue weighted by Crippen LogP contribution is -2.37. The maximum atomic E-state index is 12.9. The van der Waals surface area contributed by atoms with Crippen molar-refractivity contribution in [2.45, 2.75) is 19.9 Å². The van der Waals surface area contributed by atoms with Gasteiger partial charge in [0.1, 0.15) is 0 Å². The van der Waals surface area contributed by atoms with Gasteiger partial charge in [0, 0.05) is 36.3 Å². The van der Waals surface area contributed by atoms with Crippen LogP contribution in [0.2, 0.25) is 0 Å². The Hall–Kier alpha value is -1.94. The molecule has 1 saturated heterocycles. The maximum Gasteiger partial charge on any atom is 0.253 e. The second-order valence-electron chi connectivity index (χ2n) is 7.06. The van der Waals surface area contributed by atoms with Crippen LogP contribution in [0.4, 0.5) is 0 Å². The Morgan fingerprint density at radius 3 is 2.70 bits per heavy atom. The molecule has 4 nitrogen and oxygen atoms in total. The maximum absolute atomic E-state index is 12.9. The van der Waals surface area contributed by atoms with Crippen LogP contribution in [-0.2, 0) is 0 Å². The van der Waals surface area contributed by atoms with E-state index in [0.717, 1.165) is 29.6 Å². The number of rotatable bonds is 3. The van der Waals surface area contributed by atoms with Crippen molar-refractivity contribution in [1.29, 1.82) is 0 Å². The minimum absolute atomic E-state index is 0.130. The summed E-state index contributed by atoms with van der Waals surface area (Å²) in [5, 5.41) is 1.02. The number of benzene rings is 1. The first-order chi connectivity index (χ1) is 11.0. The number of amides is 1. The van der Waals surface area contributed by atoms with Crippen molar-refractivity contribution < 1.29 is 4.79 Å². The van der Waals surface area contributed by atoms with Gasteiger partial charge in [-0.15, -0.1) is 0 Å². The van der Waals surface area contributed by atoms with Crippen molar-refractivity contribution in [1.82, 2.24) is 14.8 Å². The molecule has 23 heavy (non-hydrogen) atoms. The van der Waals surface area contributed by atoms with E-state index in [1.165, 1.54) is 0 Å². The van der Waals surface area contributed by atoms with Crippen molar-refractivity contribution in [2.75, 3.05) is 27.2 Å². The summed E-state index contributed by atoms with van der Waals surface area (Å²) in [5.41, 5.74) is 1.68. The molecule has 0 bridgehead atoms. The van der Waals surface area contributed by atoms with Gasteiger partial charge in [0.2, 0.25) is 0 Å². The van der Waals surface area contributed by atoms with Crippen molar-refractivity contribution in [3.63, 3.8) is 0 Å². The van der Waals surface area contributed by atoms with Gasteiger partial charge in [-0.25, -0.2) is 0 Å².